The second-order valence-electron chi connectivity index (χ2n) is 4.73. The second-order valence-corrected chi connectivity index (χ2v) is 6.71. The summed E-state index contributed by atoms with van der Waals surface area (Å²) >= 11 is 14.2. The Morgan fingerprint density at radius 3 is 2.85 bits per heavy atom. The molecule has 0 amide bonds. The molecule has 0 aromatic heterocycles. The first-order valence-corrected chi connectivity index (χ1v) is 8.09. The standard InChI is InChI=1S/C15H14Cl2N2S/c16-11-1-3-13(17)10(7-11)9-19-5-6-20-15-4-2-12(18)8-14(15)19/h1-4,7-8H,5-6,9,18H2. The molecule has 1 aliphatic heterocycles. The Morgan fingerprint density at radius 1 is 1.15 bits per heavy atom. The summed E-state index contributed by atoms with van der Waals surface area (Å²) < 4.78 is 0. The van der Waals surface area contributed by atoms with E-state index in [-0.39, 0.29) is 0 Å². The van der Waals surface area contributed by atoms with Crippen LogP contribution in [0.25, 0.3) is 0 Å². The van der Waals surface area contributed by atoms with E-state index >= 15 is 0 Å². The number of thioether (sulfide) groups is 1. The van der Waals surface area contributed by atoms with E-state index in [9.17, 15) is 0 Å². The number of hydrogen-bond donors (Lipinski definition) is 1. The van der Waals surface area contributed by atoms with Crippen molar-refractivity contribution >= 4 is 46.3 Å². The van der Waals surface area contributed by atoms with Gasteiger partial charge in [-0.25, -0.2) is 0 Å². The van der Waals surface area contributed by atoms with Crippen molar-refractivity contribution in [2.45, 2.75) is 11.4 Å². The lowest BCUT2D eigenvalue weighted by atomic mass is 10.2. The molecule has 20 heavy (non-hydrogen) atoms. The Bertz CT molecular complexity index is 646. The largest absolute Gasteiger partial charge is 0.399 e. The van der Waals surface area contributed by atoms with Crippen molar-refractivity contribution in [1.29, 1.82) is 0 Å². The normalized spacial score (nSPS) is 14.2. The molecule has 1 aliphatic rings. The van der Waals surface area contributed by atoms with Crippen LogP contribution in [0.2, 0.25) is 10.0 Å². The van der Waals surface area contributed by atoms with Crippen LogP contribution in [0.15, 0.2) is 41.3 Å². The molecule has 0 saturated heterocycles. The SMILES string of the molecule is Nc1ccc2c(c1)N(Cc1cc(Cl)ccc1Cl)CCS2. The third-order valence-electron chi connectivity index (χ3n) is 3.31. The van der Waals surface area contributed by atoms with Gasteiger partial charge in [0.15, 0.2) is 0 Å². The number of nitrogens with two attached hydrogens (primary N) is 1. The fourth-order valence-electron chi connectivity index (χ4n) is 2.32. The lowest BCUT2D eigenvalue weighted by Crippen LogP contribution is -2.28. The zero-order valence-electron chi connectivity index (χ0n) is 10.8. The number of halogens is 2. The molecule has 2 nitrogen and oxygen atoms in total. The first kappa shape index (κ1) is 13.9. The highest BCUT2D eigenvalue weighted by Crippen LogP contribution is 2.37. The molecular formula is C15H14Cl2N2S. The molecule has 2 N–H and O–H groups in total. The van der Waals surface area contributed by atoms with Gasteiger partial charge >= 0.3 is 0 Å². The summed E-state index contributed by atoms with van der Waals surface area (Å²) in [4.78, 5) is 3.57. The molecule has 5 heteroatoms. The number of nitrogens with zero attached hydrogens (tertiary/aromatic N) is 1. The van der Waals surface area contributed by atoms with Crippen molar-refractivity contribution in [3.63, 3.8) is 0 Å². The van der Waals surface area contributed by atoms with E-state index in [0.29, 0.717) is 5.02 Å². The van der Waals surface area contributed by atoms with Crippen LogP contribution < -0.4 is 10.6 Å². The minimum absolute atomic E-state index is 0.712. The van der Waals surface area contributed by atoms with E-state index in [0.717, 1.165) is 35.1 Å². The summed E-state index contributed by atoms with van der Waals surface area (Å²) in [5, 5.41) is 1.46. The summed E-state index contributed by atoms with van der Waals surface area (Å²) in [7, 11) is 0. The molecule has 0 saturated carbocycles. The Labute approximate surface area is 132 Å². The Balaban J connectivity index is 1.93. The van der Waals surface area contributed by atoms with E-state index in [1.165, 1.54) is 10.6 Å². The van der Waals surface area contributed by atoms with E-state index < -0.39 is 0 Å². The summed E-state index contributed by atoms with van der Waals surface area (Å²) in [6.45, 7) is 1.72. The maximum absolute atomic E-state index is 6.26. The third kappa shape index (κ3) is 2.85. The van der Waals surface area contributed by atoms with Crippen LogP contribution >= 0.6 is 35.0 Å². The minimum Gasteiger partial charge on any atom is -0.399 e. The molecule has 2 aromatic rings. The average Bonchev–Trinajstić information content (AvgIpc) is 2.43. The van der Waals surface area contributed by atoms with Gasteiger partial charge in [-0.1, -0.05) is 23.2 Å². The van der Waals surface area contributed by atoms with Gasteiger partial charge in [0.1, 0.15) is 0 Å². The maximum Gasteiger partial charge on any atom is 0.0528 e. The Kier molecular flexibility index (Phi) is 4.01. The molecule has 0 fully saturated rings. The molecule has 0 spiro atoms. The first-order valence-electron chi connectivity index (χ1n) is 6.35. The smallest absolute Gasteiger partial charge is 0.0528 e. The fourth-order valence-corrected chi connectivity index (χ4v) is 3.73. The van der Waals surface area contributed by atoms with Crippen molar-refractivity contribution in [3.8, 4) is 0 Å². The number of hydrogen-bond acceptors (Lipinski definition) is 3. The molecule has 2 aromatic carbocycles. The average molecular weight is 325 g/mol. The second kappa shape index (κ2) is 5.76. The monoisotopic (exact) mass is 324 g/mol. The van der Waals surface area contributed by atoms with Crippen LogP contribution in [0.4, 0.5) is 11.4 Å². The zero-order valence-corrected chi connectivity index (χ0v) is 13.1. The summed E-state index contributed by atoms with van der Waals surface area (Å²) in [5.74, 6) is 1.06. The van der Waals surface area contributed by atoms with Crippen LogP contribution in [-0.4, -0.2) is 12.3 Å². The molecule has 0 atom stereocenters. The molecule has 0 unspecified atom stereocenters. The van der Waals surface area contributed by atoms with Crippen molar-refractivity contribution in [2.24, 2.45) is 0 Å². The number of nitrogen functional groups attached to an aromatic ring is 1. The van der Waals surface area contributed by atoms with Gasteiger partial charge in [0.25, 0.3) is 0 Å². The number of rotatable bonds is 2. The minimum atomic E-state index is 0.712. The Morgan fingerprint density at radius 2 is 2.00 bits per heavy atom. The van der Waals surface area contributed by atoms with Crippen LogP contribution in [0.5, 0.6) is 0 Å². The predicted molar refractivity (Wildman–Crippen MR) is 89.1 cm³/mol. The molecule has 1 heterocycles. The van der Waals surface area contributed by atoms with Gasteiger partial charge in [0, 0.05) is 39.5 Å². The Hall–Kier alpha value is -1.03. The zero-order chi connectivity index (χ0) is 14.1. The van der Waals surface area contributed by atoms with Gasteiger partial charge in [-0.15, -0.1) is 11.8 Å². The lowest BCUT2D eigenvalue weighted by molar-refractivity contribution is 0.818. The third-order valence-corrected chi connectivity index (χ3v) is 4.96. The van der Waals surface area contributed by atoms with Crippen molar-refractivity contribution < 1.29 is 0 Å². The highest BCUT2D eigenvalue weighted by Gasteiger charge is 2.18. The first-order chi connectivity index (χ1) is 9.63. The number of fused-ring (bicyclic) bond motifs is 1. The highest BCUT2D eigenvalue weighted by molar-refractivity contribution is 7.99. The summed E-state index contributed by atoms with van der Waals surface area (Å²) in [5.41, 5.74) is 8.91. The number of anilines is 2. The summed E-state index contributed by atoms with van der Waals surface area (Å²) in [6, 6.07) is 11.6. The fraction of sp³-hybridized carbons (Fsp3) is 0.200. The lowest BCUT2D eigenvalue weighted by Gasteiger charge is -2.31. The van der Waals surface area contributed by atoms with Gasteiger partial charge < -0.3 is 10.6 Å². The van der Waals surface area contributed by atoms with E-state index in [2.05, 4.69) is 11.0 Å². The van der Waals surface area contributed by atoms with Gasteiger partial charge in [-0.05, 0) is 42.0 Å². The van der Waals surface area contributed by atoms with Crippen LogP contribution in [-0.2, 0) is 6.54 Å². The van der Waals surface area contributed by atoms with Crippen molar-refractivity contribution in [2.75, 3.05) is 22.9 Å². The summed E-state index contributed by atoms with van der Waals surface area (Å²) in [6.07, 6.45) is 0. The quantitative estimate of drug-likeness (QED) is 0.813. The van der Waals surface area contributed by atoms with Gasteiger partial charge in [0.05, 0.1) is 5.69 Å². The highest BCUT2D eigenvalue weighted by atomic mass is 35.5. The maximum atomic E-state index is 6.26. The van der Waals surface area contributed by atoms with Gasteiger partial charge in [0.2, 0.25) is 0 Å². The van der Waals surface area contributed by atoms with E-state index in [4.69, 9.17) is 28.9 Å². The van der Waals surface area contributed by atoms with Crippen molar-refractivity contribution in [3.05, 3.63) is 52.0 Å². The van der Waals surface area contributed by atoms with Crippen LogP contribution in [0, 0.1) is 0 Å². The van der Waals surface area contributed by atoms with E-state index in [1.807, 2.05) is 42.1 Å². The molecule has 0 aliphatic carbocycles. The van der Waals surface area contributed by atoms with Gasteiger partial charge in [-0.2, -0.15) is 0 Å². The molecule has 3 rings (SSSR count). The molecular weight excluding hydrogens is 311 g/mol. The molecule has 0 radical (unpaired) electrons. The topological polar surface area (TPSA) is 29.3 Å². The number of benzene rings is 2. The molecule has 104 valence electrons. The predicted octanol–water partition coefficient (Wildman–Crippen LogP) is 4.69. The van der Waals surface area contributed by atoms with Crippen molar-refractivity contribution in [1.82, 2.24) is 0 Å². The van der Waals surface area contributed by atoms with Crippen LogP contribution in [0.1, 0.15) is 5.56 Å². The van der Waals surface area contributed by atoms with Crippen LogP contribution in [0.3, 0.4) is 0 Å². The van der Waals surface area contributed by atoms with E-state index in [1.54, 1.807) is 0 Å². The molecule has 0 bridgehead atoms. The van der Waals surface area contributed by atoms with Gasteiger partial charge in [-0.3, -0.25) is 0 Å².